The molecule has 0 atom stereocenters. The molecule has 1 heteroatoms. The zero-order valence-corrected chi connectivity index (χ0v) is 10.1. The molecule has 0 heterocycles. The fourth-order valence-corrected chi connectivity index (χ4v) is 1.51. The highest BCUT2D eigenvalue weighted by Gasteiger charge is 2.16. The van der Waals surface area contributed by atoms with E-state index in [1.807, 2.05) is 13.0 Å². The van der Waals surface area contributed by atoms with Crippen molar-refractivity contribution in [2.24, 2.45) is 5.41 Å². The van der Waals surface area contributed by atoms with Crippen LogP contribution in [0.15, 0.2) is 24.5 Å². The summed E-state index contributed by atoms with van der Waals surface area (Å²) in [4.78, 5) is 0. The van der Waals surface area contributed by atoms with E-state index < -0.39 is 0 Å². The number of hydrogen-bond donors (Lipinski definition) is 0. The van der Waals surface area contributed by atoms with E-state index in [1.54, 1.807) is 6.08 Å². The molecule has 0 rings (SSSR count). The maximum atomic E-state index is 5.57. The van der Waals surface area contributed by atoms with E-state index in [0.717, 1.165) is 18.8 Å². The molecule has 0 fully saturated rings. The lowest BCUT2D eigenvalue weighted by Crippen LogP contribution is -2.13. The second-order valence-electron chi connectivity index (χ2n) is 4.41. The average molecular weight is 196 g/mol. The van der Waals surface area contributed by atoms with Crippen LogP contribution < -0.4 is 0 Å². The first kappa shape index (κ1) is 13.3. The Hall–Kier alpha value is -0.720. The first-order chi connectivity index (χ1) is 6.55. The summed E-state index contributed by atoms with van der Waals surface area (Å²) in [6, 6.07) is 0. The summed E-state index contributed by atoms with van der Waals surface area (Å²) in [5.74, 6) is 0.886. The molecule has 0 aromatic carbocycles. The van der Waals surface area contributed by atoms with Crippen molar-refractivity contribution in [3.63, 3.8) is 0 Å². The number of ether oxygens (including phenoxy) is 1. The van der Waals surface area contributed by atoms with Crippen LogP contribution in [0.5, 0.6) is 0 Å². The van der Waals surface area contributed by atoms with Crippen LogP contribution in [0.4, 0.5) is 0 Å². The van der Waals surface area contributed by atoms with E-state index in [-0.39, 0.29) is 0 Å². The van der Waals surface area contributed by atoms with E-state index in [4.69, 9.17) is 4.74 Å². The Labute approximate surface area is 88.9 Å². The molecule has 0 amide bonds. The van der Waals surface area contributed by atoms with Gasteiger partial charge < -0.3 is 4.74 Å². The number of hydrogen-bond acceptors (Lipinski definition) is 1. The molecule has 0 aliphatic carbocycles. The molecule has 14 heavy (non-hydrogen) atoms. The van der Waals surface area contributed by atoms with Crippen molar-refractivity contribution < 1.29 is 4.74 Å². The quantitative estimate of drug-likeness (QED) is 0.435. The lowest BCUT2D eigenvalue weighted by molar-refractivity contribution is 0.164. The van der Waals surface area contributed by atoms with E-state index in [0.29, 0.717) is 5.41 Å². The number of allylic oxidation sites excluding steroid dienone is 2. The molecule has 0 aliphatic heterocycles. The molecule has 0 aromatic rings. The van der Waals surface area contributed by atoms with Crippen molar-refractivity contribution in [1.29, 1.82) is 0 Å². The number of rotatable bonds is 7. The molecular formula is C13H24O. The molecule has 1 nitrogen and oxygen atoms in total. The third-order valence-electron chi connectivity index (χ3n) is 2.46. The summed E-state index contributed by atoms with van der Waals surface area (Å²) in [6.45, 7) is 13.3. The summed E-state index contributed by atoms with van der Waals surface area (Å²) in [7, 11) is 0. The van der Waals surface area contributed by atoms with Gasteiger partial charge in [-0.1, -0.05) is 33.8 Å². The van der Waals surface area contributed by atoms with Crippen molar-refractivity contribution in [2.45, 2.75) is 47.0 Å². The van der Waals surface area contributed by atoms with E-state index in [9.17, 15) is 0 Å². The molecule has 82 valence electrons. The monoisotopic (exact) mass is 196 g/mol. The Morgan fingerprint density at radius 2 is 2.00 bits per heavy atom. The summed E-state index contributed by atoms with van der Waals surface area (Å²) in [5, 5.41) is 0. The van der Waals surface area contributed by atoms with Gasteiger partial charge in [-0.2, -0.15) is 0 Å². The van der Waals surface area contributed by atoms with Crippen molar-refractivity contribution in [2.75, 3.05) is 6.61 Å². The van der Waals surface area contributed by atoms with Crippen LogP contribution in [0.1, 0.15) is 47.0 Å². The minimum absolute atomic E-state index is 0.398. The highest BCUT2D eigenvalue weighted by molar-refractivity contribution is 5.06. The molecule has 0 aromatic heterocycles. The molecule has 0 aliphatic rings. The van der Waals surface area contributed by atoms with Crippen LogP contribution in [-0.2, 0) is 4.74 Å². The third-order valence-corrected chi connectivity index (χ3v) is 2.46. The topological polar surface area (TPSA) is 9.23 Å². The predicted molar refractivity (Wildman–Crippen MR) is 63.2 cm³/mol. The minimum atomic E-state index is 0.398. The lowest BCUT2D eigenvalue weighted by atomic mass is 9.85. The molecule has 0 radical (unpaired) electrons. The largest absolute Gasteiger partial charge is 0.494 e. The van der Waals surface area contributed by atoms with Crippen LogP contribution in [0.2, 0.25) is 0 Å². The van der Waals surface area contributed by atoms with Gasteiger partial charge >= 0.3 is 0 Å². The first-order valence-electron chi connectivity index (χ1n) is 5.47. The highest BCUT2D eigenvalue weighted by Crippen LogP contribution is 2.26. The fraction of sp³-hybridized carbons (Fsp3) is 0.692. The molecular weight excluding hydrogens is 172 g/mol. The van der Waals surface area contributed by atoms with E-state index in [1.165, 1.54) is 12.8 Å². The van der Waals surface area contributed by atoms with Crippen LogP contribution in [0.3, 0.4) is 0 Å². The summed E-state index contributed by atoms with van der Waals surface area (Å²) in [5.41, 5.74) is 0.398. The van der Waals surface area contributed by atoms with Gasteiger partial charge in [0, 0.05) is 0 Å². The summed E-state index contributed by atoms with van der Waals surface area (Å²) >= 11 is 0. The van der Waals surface area contributed by atoms with Crippen LogP contribution in [-0.4, -0.2) is 6.61 Å². The van der Waals surface area contributed by atoms with Crippen LogP contribution in [0, 0.1) is 5.41 Å². The van der Waals surface area contributed by atoms with E-state index >= 15 is 0 Å². The van der Waals surface area contributed by atoms with Gasteiger partial charge in [0.2, 0.25) is 0 Å². The van der Waals surface area contributed by atoms with Gasteiger partial charge in [-0.3, -0.25) is 0 Å². The summed E-state index contributed by atoms with van der Waals surface area (Å²) in [6.07, 6.45) is 7.30. The van der Waals surface area contributed by atoms with Gasteiger partial charge in [-0.05, 0) is 37.3 Å². The minimum Gasteiger partial charge on any atom is -0.494 e. The standard InChI is InChI=1S/C13H24O/c1-6-9-13(4,5)10-11-14-12(7-2)8-3/h7-8H,2,6,9-11H2,1,3-5H3/b12-8-. The Morgan fingerprint density at radius 3 is 2.43 bits per heavy atom. The van der Waals surface area contributed by atoms with Crippen molar-refractivity contribution in [3.8, 4) is 0 Å². The Bertz CT molecular complexity index is 189. The predicted octanol–water partition coefficient (Wildman–Crippen LogP) is 4.31. The second-order valence-corrected chi connectivity index (χ2v) is 4.41. The molecule has 0 saturated heterocycles. The smallest absolute Gasteiger partial charge is 0.114 e. The SMILES string of the molecule is C=C/C(=C/C)OCCC(C)(C)CCC. The van der Waals surface area contributed by atoms with Crippen molar-refractivity contribution in [3.05, 3.63) is 24.5 Å². The Morgan fingerprint density at radius 1 is 1.36 bits per heavy atom. The molecule has 0 unspecified atom stereocenters. The molecule has 0 spiro atoms. The zero-order chi connectivity index (χ0) is 11.0. The third kappa shape index (κ3) is 5.85. The van der Waals surface area contributed by atoms with Crippen LogP contribution >= 0.6 is 0 Å². The van der Waals surface area contributed by atoms with Gasteiger partial charge in [-0.25, -0.2) is 0 Å². The van der Waals surface area contributed by atoms with Crippen molar-refractivity contribution in [1.82, 2.24) is 0 Å². The van der Waals surface area contributed by atoms with Gasteiger partial charge in [0.1, 0.15) is 5.76 Å². The van der Waals surface area contributed by atoms with Gasteiger partial charge in [0.05, 0.1) is 6.61 Å². The fourth-order valence-electron chi connectivity index (χ4n) is 1.51. The zero-order valence-electron chi connectivity index (χ0n) is 10.1. The van der Waals surface area contributed by atoms with Crippen molar-refractivity contribution >= 4 is 0 Å². The van der Waals surface area contributed by atoms with Gasteiger partial charge in [0.25, 0.3) is 0 Å². The maximum Gasteiger partial charge on any atom is 0.114 e. The second kappa shape index (κ2) is 6.69. The first-order valence-corrected chi connectivity index (χ1v) is 5.47. The Balaban J connectivity index is 3.77. The maximum absolute atomic E-state index is 5.57. The lowest BCUT2D eigenvalue weighted by Gasteiger charge is -2.23. The molecule has 0 bridgehead atoms. The molecule has 0 saturated carbocycles. The average Bonchev–Trinajstić information content (AvgIpc) is 2.12. The normalized spacial score (nSPS) is 12.7. The van der Waals surface area contributed by atoms with Gasteiger partial charge in [0.15, 0.2) is 0 Å². The van der Waals surface area contributed by atoms with E-state index in [2.05, 4.69) is 27.4 Å². The molecule has 0 N–H and O–H groups in total. The highest BCUT2D eigenvalue weighted by atomic mass is 16.5. The van der Waals surface area contributed by atoms with Crippen LogP contribution in [0.25, 0.3) is 0 Å². The Kier molecular flexibility index (Phi) is 6.35. The summed E-state index contributed by atoms with van der Waals surface area (Å²) < 4.78 is 5.57. The van der Waals surface area contributed by atoms with Gasteiger partial charge in [-0.15, -0.1) is 0 Å².